The van der Waals surface area contributed by atoms with E-state index in [9.17, 15) is 5.11 Å². The molecule has 1 aliphatic rings. The Kier molecular flexibility index (Phi) is 4.99. The summed E-state index contributed by atoms with van der Waals surface area (Å²) < 4.78 is 16.1. The lowest BCUT2D eigenvalue weighted by molar-refractivity contribution is -0.183. The molecular formula is C14H20O4. The fraction of sp³-hybridized carbons (Fsp3) is 0.571. The van der Waals surface area contributed by atoms with Crippen molar-refractivity contribution in [2.24, 2.45) is 0 Å². The maximum Gasteiger partial charge on any atom is 0.157 e. The first kappa shape index (κ1) is 13.3. The zero-order valence-corrected chi connectivity index (χ0v) is 10.7. The Hall–Kier alpha value is -1.10. The van der Waals surface area contributed by atoms with Gasteiger partial charge in [0.1, 0.15) is 5.75 Å². The van der Waals surface area contributed by atoms with Crippen LogP contribution in [0.15, 0.2) is 24.3 Å². The van der Waals surface area contributed by atoms with Crippen LogP contribution in [0, 0.1) is 0 Å². The van der Waals surface area contributed by atoms with Gasteiger partial charge in [0.15, 0.2) is 6.29 Å². The number of benzene rings is 1. The predicted octanol–water partition coefficient (Wildman–Crippen LogP) is 2.27. The molecule has 4 heteroatoms. The van der Waals surface area contributed by atoms with E-state index >= 15 is 0 Å². The predicted molar refractivity (Wildman–Crippen MR) is 67.5 cm³/mol. The van der Waals surface area contributed by atoms with Crippen LogP contribution in [0.25, 0.3) is 0 Å². The summed E-state index contributed by atoms with van der Waals surface area (Å²) in [6.45, 7) is 1.49. The molecule has 1 N–H and O–H groups in total. The van der Waals surface area contributed by atoms with Crippen LogP contribution in [-0.4, -0.2) is 31.7 Å². The number of aliphatic hydroxyl groups is 1. The van der Waals surface area contributed by atoms with E-state index in [1.165, 1.54) is 0 Å². The molecule has 0 saturated carbocycles. The normalized spacial score (nSPS) is 18.6. The molecule has 18 heavy (non-hydrogen) atoms. The number of hydrogen-bond donors (Lipinski definition) is 1. The van der Waals surface area contributed by atoms with Crippen LogP contribution in [0.3, 0.4) is 0 Å². The van der Waals surface area contributed by atoms with E-state index in [-0.39, 0.29) is 6.29 Å². The van der Waals surface area contributed by atoms with Crippen molar-refractivity contribution in [3.8, 4) is 5.75 Å². The molecule has 1 saturated heterocycles. The van der Waals surface area contributed by atoms with Crippen molar-refractivity contribution in [1.82, 2.24) is 0 Å². The summed E-state index contributed by atoms with van der Waals surface area (Å²) in [4.78, 5) is 0. The smallest absolute Gasteiger partial charge is 0.157 e. The first-order valence-electron chi connectivity index (χ1n) is 6.35. The lowest BCUT2D eigenvalue weighted by Crippen LogP contribution is -2.25. The average Bonchev–Trinajstić information content (AvgIpc) is 2.45. The van der Waals surface area contributed by atoms with Crippen LogP contribution in [-0.2, 0) is 9.47 Å². The van der Waals surface area contributed by atoms with Crippen LogP contribution in [0.4, 0.5) is 0 Å². The average molecular weight is 252 g/mol. The zero-order valence-electron chi connectivity index (χ0n) is 10.7. The SMILES string of the molecule is COc1ccccc1[C@@H](O)CCC1OCCCO1. The van der Waals surface area contributed by atoms with E-state index in [1.807, 2.05) is 24.3 Å². The molecule has 2 rings (SSSR count). The van der Waals surface area contributed by atoms with Crippen LogP contribution in [0.5, 0.6) is 5.75 Å². The topological polar surface area (TPSA) is 47.9 Å². The van der Waals surface area contributed by atoms with Gasteiger partial charge in [0.2, 0.25) is 0 Å². The van der Waals surface area contributed by atoms with Crippen molar-refractivity contribution in [3.63, 3.8) is 0 Å². The van der Waals surface area contributed by atoms with Gasteiger partial charge in [-0.2, -0.15) is 0 Å². The number of para-hydroxylation sites is 1. The minimum atomic E-state index is -0.546. The second-order valence-corrected chi connectivity index (χ2v) is 4.36. The molecule has 1 atom stereocenters. The summed E-state index contributed by atoms with van der Waals surface area (Å²) in [6.07, 6.45) is 1.52. The third kappa shape index (κ3) is 3.45. The van der Waals surface area contributed by atoms with Crippen LogP contribution in [0.2, 0.25) is 0 Å². The molecule has 0 unspecified atom stereocenters. The lowest BCUT2D eigenvalue weighted by Gasteiger charge is -2.24. The first-order chi connectivity index (χ1) is 8.81. The van der Waals surface area contributed by atoms with Crippen molar-refractivity contribution < 1.29 is 19.3 Å². The fourth-order valence-electron chi connectivity index (χ4n) is 2.09. The molecule has 0 amide bonds. The fourth-order valence-corrected chi connectivity index (χ4v) is 2.09. The highest BCUT2D eigenvalue weighted by atomic mass is 16.7. The number of methoxy groups -OCH3 is 1. The van der Waals surface area contributed by atoms with Gasteiger partial charge in [0, 0.05) is 12.0 Å². The van der Waals surface area contributed by atoms with Gasteiger partial charge in [0.05, 0.1) is 26.4 Å². The van der Waals surface area contributed by atoms with E-state index < -0.39 is 6.10 Å². The second-order valence-electron chi connectivity index (χ2n) is 4.36. The van der Waals surface area contributed by atoms with Gasteiger partial charge in [-0.1, -0.05) is 18.2 Å². The third-order valence-corrected chi connectivity index (χ3v) is 3.07. The summed E-state index contributed by atoms with van der Waals surface area (Å²) in [7, 11) is 1.61. The summed E-state index contributed by atoms with van der Waals surface area (Å²) >= 11 is 0. The summed E-state index contributed by atoms with van der Waals surface area (Å²) in [5, 5.41) is 10.2. The Morgan fingerprint density at radius 3 is 2.78 bits per heavy atom. The van der Waals surface area contributed by atoms with E-state index in [0.29, 0.717) is 12.8 Å². The highest BCUT2D eigenvalue weighted by molar-refractivity contribution is 5.34. The summed E-state index contributed by atoms with van der Waals surface area (Å²) in [5.74, 6) is 0.718. The maximum atomic E-state index is 10.2. The largest absolute Gasteiger partial charge is 0.496 e. The number of ether oxygens (including phenoxy) is 3. The molecule has 0 aromatic heterocycles. The summed E-state index contributed by atoms with van der Waals surface area (Å²) in [6, 6.07) is 7.52. The maximum absolute atomic E-state index is 10.2. The first-order valence-corrected chi connectivity index (χ1v) is 6.35. The monoisotopic (exact) mass is 252 g/mol. The van der Waals surface area contributed by atoms with Gasteiger partial charge in [-0.15, -0.1) is 0 Å². The minimum absolute atomic E-state index is 0.178. The third-order valence-electron chi connectivity index (χ3n) is 3.07. The molecule has 1 fully saturated rings. The molecule has 0 bridgehead atoms. The van der Waals surface area contributed by atoms with Crippen LogP contribution < -0.4 is 4.74 Å². The molecule has 1 aromatic rings. The number of rotatable bonds is 5. The molecule has 1 heterocycles. The lowest BCUT2D eigenvalue weighted by atomic mass is 10.0. The molecule has 1 aliphatic heterocycles. The molecule has 0 spiro atoms. The Bertz CT molecular complexity index is 361. The van der Waals surface area contributed by atoms with Gasteiger partial charge in [-0.3, -0.25) is 0 Å². The van der Waals surface area contributed by atoms with Crippen molar-refractivity contribution in [2.75, 3.05) is 20.3 Å². The Morgan fingerprint density at radius 1 is 1.33 bits per heavy atom. The van der Waals surface area contributed by atoms with Crippen molar-refractivity contribution in [3.05, 3.63) is 29.8 Å². The van der Waals surface area contributed by atoms with E-state index in [2.05, 4.69) is 0 Å². The van der Waals surface area contributed by atoms with Gasteiger partial charge in [-0.05, 0) is 18.9 Å². The van der Waals surface area contributed by atoms with Crippen LogP contribution in [0.1, 0.15) is 30.9 Å². The summed E-state index contributed by atoms with van der Waals surface area (Å²) in [5.41, 5.74) is 0.816. The van der Waals surface area contributed by atoms with E-state index in [4.69, 9.17) is 14.2 Å². The quantitative estimate of drug-likeness (QED) is 0.873. The highest BCUT2D eigenvalue weighted by Crippen LogP contribution is 2.28. The van der Waals surface area contributed by atoms with Gasteiger partial charge in [0.25, 0.3) is 0 Å². The molecule has 1 aromatic carbocycles. The Balaban J connectivity index is 1.88. The van der Waals surface area contributed by atoms with Crippen LogP contribution >= 0.6 is 0 Å². The minimum Gasteiger partial charge on any atom is -0.496 e. The van der Waals surface area contributed by atoms with Gasteiger partial charge >= 0.3 is 0 Å². The zero-order chi connectivity index (χ0) is 12.8. The van der Waals surface area contributed by atoms with Gasteiger partial charge < -0.3 is 19.3 Å². The number of aliphatic hydroxyl groups excluding tert-OH is 1. The molecule has 100 valence electrons. The van der Waals surface area contributed by atoms with Crippen molar-refractivity contribution >= 4 is 0 Å². The van der Waals surface area contributed by atoms with E-state index in [1.54, 1.807) is 7.11 Å². The molecule has 0 aliphatic carbocycles. The standard InChI is InChI=1S/C14H20O4/c1-16-13-6-3-2-5-11(13)12(15)7-8-14-17-9-4-10-18-14/h2-3,5-6,12,14-15H,4,7-10H2,1H3/t12-/m0/s1. The molecule has 0 radical (unpaired) electrons. The van der Waals surface area contributed by atoms with Crippen molar-refractivity contribution in [2.45, 2.75) is 31.7 Å². The Morgan fingerprint density at radius 2 is 2.06 bits per heavy atom. The van der Waals surface area contributed by atoms with E-state index in [0.717, 1.165) is 30.9 Å². The molecular weight excluding hydrogens is 232 g/mol. The molecule has 4 nitrogen and oxygen atoms in total. The highest BCUT2D eigenvalue weighted by Gasteiger charge is 2.18. The second kappa shape index (κ2) is 6.73. The Labute approximate surface area is 107 Å². The van der Waals surface area contributed by atoms with Gasteiger partial charge in [-0.25, -0.2) is 0 Å². The van der Waals surface area contributed by atoms with Crippen molar-refractivity contribution in [1.29, 1.82) is 0 Å². The number of hydrogen-bond acceptors (Lipinski definition) is 4.